The summed E-state index contributed by atoms with van der Waals surface area (Å²) in [5, 5.41) is 2.19. The van der Waals surface area contributed by atoms with Gasteiger partial charge >= 0.3 is 0 Å². The van der Waals surface area contributed by atoms with Crippen molar-refractivity contribution in [3.8, 4) is 33.9 Å². The zero-order valence-electron chi connectivity index (χ0n) is 18.7. The molecule has 6 aromatic rings. The standard InChI is InChI=1S/C30H22N2OS/c1-34(2)27-18-10-16-23-22-15-9-17-24(28(22)33-29(23)27)26-19-25(20-11-5-3-6-12-20)31-30(32-26)21-13-7-4-8-14-21/h3-19H,1H2,2H3. The second-order valence-electron chi connectivity index (χ2n) is 8.25. The minimum atomic E-state index is -0.158. The number of hydrogen-bond donors (Lipinski definition) is 0. The molecule has 0 radical (unpaired) electrons. The highest BCUT2D eigenvalue weighted by Gasteiger charge is 2.17. The number of para-hydroxylation sites is 2. The third-order valence-corrected chi connectivity index (χ3v) is 7.04. The van der Waals surface area contributed by atoms with Crippen LogP contribution in [-0.4, -0.2) is 22.1 Å². The smallest absolute Gasteiger partial charge is 0.160 e. The zero-order chi connectivity index (χ0) is 23.1. The first-order valence-corrected chi connectivity index (χ1v) is 12.9. The molecule has 2 heterocycles. The molecule has 0 saturated heterocycles. The average Bonchev–Trinajstić information content (AvgIpc) is 3.28. The van der Waals surface area contributed by atoms with Crippen LogP contribution in [0.15, 0.2) is 112 Å². The molecule has 164 valence electrons. The SMILES string of the molecule is C=S(C)c1cccc2c1oc1c(-c3cc(-c4ccccc4)nc(-c4ccccc4)n3)cccc12. The van der Waals surface area contributed by atoms with Crippen molar-refractivity contribution in [2.45, 2.75) is 4.90 Å². The Morgan fingerprint density at radius 3 is 1.97 bits per heavy atom. The van der Waals surface area contributed by atoms with Gasteiger partial charge in [-0.15, -0.1) is 0 Å². The van der Waals surface area contributed by atoms with Gasteiger partial charge in [0.25, 0.3) is 0 Å². The minimum absolute atomic E-state index is 0.158. The van der Waals surface area contributed by atoms with Crippen LogP contribution >= 0.6 is 10.5 Å². The quantitative estimate of drug-likeness (QED) is 0.251. The summed E-state index contributed by atoms with van der Waals surface area (Å²) < 4.78 is 6.53. The summed E-state index contributed by atoms with van der Waals surface area (Å²) in [6.07, 6.45) is 2.12. The Morgan fingerprint density at radius 1 is 0.647 bits per heavy atom. The Hall–Kier alpha value is -4.02. The van der Waals surface area contributed by atoms with E-state index in [1.54, 1.807) is 0 Å². The highest BCUT2D eigenvalue weighted by molar-refractivity contribution is 8.13. The van der Waals surface area contributed by atoms with E-state index in [4.69, 9.17) is 14.4 Å². The Labute approximate surface area is 200 Å². The van der Waals surface area contributed by atoms with E-state index >= 15 is 0 Å². The van der Waals surface area contributed by atoms with Crippen LogP contribution in [0.5, 0.6) is 0 Å². The van der Waals surface area contributed by atoms with Crippen molar-refractivity contribution in [1.29, 1.82) is 0 Å². The molecular formula is C30H22N2OS. The number of aromatic nitrogens is 2. The Balaban J connectivity index is 1.64. The molecule has 4 aromatic carbocycles. The number of fused-ring (bicyclic) bond motifs is 3. The van der Waals surface area contributed by atoms with E-state index in [1.807, 2.05) is 48.5 Å². The van der Waals surface area contributed by atoms with Gasteiger partial charge in [0.1, 0.15) is 11.2 Å². The third-order valence-electron chi connectivity index (χ3n) is 5.97. The van der Waals surface area contributed by atoms with Crippen LogP contribution in [-0.2, 0) is 0 Å². The van der Waals surface area contributed by atoms with Gasteiger partial charge in [-0.05, 0) is 24.5 Å². The number of rotatable bonds is 4. The monoisotopic (exact) mass is 458 g/mol. The van der Waals surface area contributed by atoms with Crippen LogP contribution in [0.1, 0.15) is 0 Å². The molecule has 1 atom stereocenters. The summed E-state index contributed by atoms with van der Waals surface area (Å²) >= 11 is 0. The molecule has 0 aliphatic heterocycles. The summed E-state index contributed by atoms with van der Waals surface area (Å²) in [5.41, 5.74) is 6.45. The predicted octanol–water partition coefficient (Wildman–Crippen LogP) is 8.07. The lowest BCUT2D eigenvalue weighted by Crippen LogP contribution is -1.96. The number of furan rings is 1. The van der Waals surface area contributed by atoms with Crippen molar-refractivity contribution < 1.29 is 4.42 Å². The van der Waals surface area contributed by atoms with Crippen LogP contribution < -0.4 is 0 Å². The van der Waals surface area contributed by atoms with Crippen LogP contribution in [0.25, 0.3) is 55.8 Å². The number of hydrogen-bond acceptors (Lipinski definition) is 3. The van der Waals surface area contributed by atoms with Crippen LogP contribution in [0.4, 0.5) is 0 Å². The lowest BCUT2D eigenvalue weighted by molar-refractivity contribution is 0.661. The summed E-state index contributed by atoms with van der Waals surface area (Å²) in [7, 11) is -0.158. The molecule has 2 aromatic heterocycles. The van der Waals surface area contributed by atoms with Crippen molar-refractivity contribution in [1.82, 2.24) is 9.97 Å². The fraction of sp³-hybridized carbons (Fsp3) is 0.0333. The summed E-state index contributed by atoms with van der Waals surface area (Å²) in [4.78, 5) is 11.0. The average molecular weight is 459 g/mol. The summed E-state index contributed by atoms with van der Waals surface area (Å²) in [5.74, 6) is 4.94. The molecule has 0 N–H and O–H groups in total. The van der Waals surface area contributed by atoms with E-state index < -0.39 is 0 Å². The van der Waals surface area contributed by atoms with E-state index in [0.717, 1.165) is 54.9 Å². The molecule has 0 spiro atoms. The Bertz CT molecular complexity index is 1610. The first kappa shape index (κ1) is 20.6. The Kier molecular flexibility index (Phi) is 5.08. The second-order valence-corrected chi connectivity index (χ2v) is 9.96. The molecule has 1 unspecified atom stereocenters. The largest absolute Gasteiger partial charge is 0.454 e. The topological polar surface area (TPSA) is 38.9 Å². The van der Waals surface area contributed by atoms with Crippen LogP contribution in [0.2, 0.25) is 0 Å². The molecule has 3 nitrogen and oxygen atoms in total. The fourth-order valence-electron chi connectivity index (χ4n) is 4.33. The van der Waals surface area contributed by atoms with Crippen LogP contribution in [0, 0.1) is 0 Å². The number of benzene rings is 4. The van der Waals surface area contributed by atoms with Crippen molar-refractivity contribution in [2.24, 2.45) is 0 Å². The maximum absolute atomic E-state index is 6.53. The minimum Gasteiger partial charge on any atom is -0.454 e. The molecule has 0 amide bonds. The van der Waals surface area contributed by atoms with E-state index in [9.17, 15) is 0 Å². The molecule has 34 heavy (non-hydrogen) atoms. The van der Waals surface area contributed by atoms with Gasteiger partial charge in [-0.3, -0.25) is 0 Å². The lowest BCUT2D eigenvalue weighted by atomic mass is 10.0. The van der Waals surface area contributed by atoms with Gasteiger partial charge in [-0.1, -0.05) is 90.8 Å². The normalized spacial score (nSPS) is 12.3. The van der Waals surface area contributed by atoms with Crippen molar-refractivity contribution in [3.63, 3.8) is 0 Å². The maximum atomic E-state index is 6.53. The fourth-order valence-corrected chi connectivity index (χ4v) is 5.11. The van der Waals surface area contributed by atoms with E-state index in [1.165, 1.54) is 0 Å². The zero-order valence-corrected chi connectivity index (χ0v) is 19.5. The van der Waals surface area contributed by atoms with Gasteiger partial charge in [0.15, 0.2) is 5.82 Å². The van der Waals surface area contributed by atoms with Crippen LogP contribution in [0.3, 0.4) is 0 Å². The van der Waals surface area contributed by atoms with E-state index in [0.29, 0.717) is 5.82 Å². The lowest BCUT2D eigenvalue weighted by Gasteiger charge is -2.09. The maximum Gasteiger partial charge on any atom is 0.160 e. The Morgan fingerprint density at radius 2 is 1.26 bits per heavy atom. The molecule has 0 aliphatic rings. The highest BCUT2D eigenvalue weighted by Crippen LogP contribution is 2.40. The summed E-state index contributed by atoms with van der Waals surface area (Å²) in [6, 6.07) is 34.9. The molecular weight excluding hydrogens is 436 g/mol. The van der Waals surface area contributed by atoms with Gasteiger partial charge in [0.05, 0.1) is 11.4 Å². The molecule has 0 bridgehead atoms. The molecule has 6 rings (SSSR count). The van der Waals surface area contributed by atoms with Gasteiger partial charge in [0.2, 0.25) is 0 Å². The molecule has 0 fully saturated rings. The highest BCUT2D eigenvalue weighted by atomic mass is 32.2. The van der Waals surface area contributed by atoms with Gasteiger partial charge in [-0.25, -0.2) is 9.97 Å². The van der Waals surface area contributed by atoms with E-state index in [-0.39, 0.29) is 10.5 Å². The summed E-state index contributed by atoms with van der Waals surface area (Å²) in [6.45, 7) is 0. The molecule has 0 saturated carbocycles. The predicted molar refractivity (Wildman–Crippen MR) is 145 cm³/mol. The third kappa shape index (κ3) is 3.53. The van der Waals surface area contributed by atoms with Gasteiger partial charge < -0.3 is 4.42 Å². The van der Waals surface area contributed by atoms with Gasteiger partial charge in [0, 0.05) is 32.4 Å². The van der Waals surface area contributed by atoms with Crippen molar-refractivity contribution in [3.05, 3.63) is 103 Å². The van der Waals surface area contributed by atoms with Crippen molar-refractivity contribution in [2.75, 3.05) is 6.26 Å². The first-order valence-electron chi connectivity index (χ1n) is 11.1. The first-order chi connectivity index (χ1) is 16.7. The van der Waals surface area contributed by atoms with Crippen molar-refractivity contribution >= 4 is 38.3 Å². The molecule has 0 aliphatic carbocycles. The van der Waals surface area contributed by atoms with E-state index in [2.05, 4.69) is 66.7 Å². The van der Waals surface area contributed by atoms with Gasteiger partial charge in [-0.2, -0.15) is 10.5 Å². The second kappa shape index (κ2) is 8.40. The number of nitrogens with zero attached hydrogens (tertiary/aromatic N) is 2. The molecule has 4 heteroatoms.